The quantitative estimate of drug-likeness (QED) is 0.758. The van der Waals surface area contributed by atoms with Gasteiger partial charge in [-0.2, -0.15) is 0 Å². The van der Waals surface area contributed by atoms with Gasteiger partial charge in [0.1, 0.15) is 17.7 Å². The van der Waals surface area contributed by atoms with E-state index in [0.717, 1.165) is 24.2 Å². The van der Waals surface area contributed by atoms with Gasteiger partial charge < -0.3 is 20.5 Å². The van der Waals surface area contributed by atoms with Crippen LogP contribution < -0.4 is 11.1 Å². The standard InChI is InChI=1S/C22H30FN5O2/c1-13(2)10-17(20(24)29)25-22(30)19-18-12-27(4)8-5-9-28(18)21(26-19)15-7-6-14(3)11-16(15)23/h6-7,11,13,17H,5,8-10,12H2,1-4H3,(H2,24,29)(H,25,30)/t17-/m0/s1. The zero-order chi connectivity index (χ0) is 22.0. The lowest BCUT2D eigenvalue weighted by Crippen LogP contribution is -2.45. The molecule has 1 aromatic heterocycles. The molecule has 2 heterocycles. The number of rotatable bonds is 6. The summed E-state index contributed by atoms with van der Waals surface area (Å²) < 4.78 is 16.7. The number of benzene rings is 1. The molecule has 0 radical (unpaired) electrons. The third-order valence-corrected chi connectivity index (χ3v) is 5.35. The maximum absolute atomic E-state index is 14.7. The number of halogens is 1. The van der Waals surface area contributed by atoms with Crippen molar-refractivity contribution in [1.82, 2.24) is 19.8 Å². The fraction of sp³-hybridized carbons (Fsp3) is 0.500. The van der Waals surface area contributed by atoms with E-state index < -0.39 is 17.9 Å². The summed E-state index contributed by atoms with van der Waals surface area (Å²) in [4.78, 5) is 31.6. The van der Waals surface area contributed by atoms with E-state index in [0.29, 0.717) is 30.9 Å². The summed E-state index contributed by atoms with van der Waals surface area (Å²) in [6.07, 6.45) is 1.30. The van der Waals surface area contributed by atoms with Crippen LogP contribution in [0, 0.1) is 18.7 Å². The van der Waals surface area contributed by atoms with E-state index in [1.807, 2.05) is 38.5 Å². The van der Waals surface area contributed by atoms with Gasteiger partial charge in [0.2, 0.25) is 5.91 Å². The number of hydrogen-bond donors (Lipinski definition) is 2. The van der Waals surface area contributed by atoms with E-state index in [2.05, 4.69) is 15.2 Å². The molecule has 0 fully saturated rings. The minimum absolute atomic E-state index is 0.185. The summed E-state index contributed by atoms with van der Waals surface area (Å²) in [7, 11) is 1.97. The molecule has 30 heavy (non-hydrogen) atoms. The minimum Gasteiger partial charge on any atom is -0.368 e. The summed E-state index contributed by atoms with van der Waals surface area (Å²) in [5.41, 5.74) is 7.60. The Kier molecular flexibility index (Phi) is 6.55. The van der Waals surface area contributed by atoms with Gasteiger partial charge in [-0.1, -0.05) is 19.9 Å². The molecule has 3 N–H and O–H groups in total. The van der Waals surface area contributed by atoms with E-state index in [1.165, 1.54) is 6.07 Å². The van der Waals surface area contributed by atoms with E-state index in [9.17, 15) is 14.0 Å². The van der Waals surface area contributed by atoms with Crippen LogP contribution in [0.4, 0.5) is 4.39 Å². The third kappa shape index (κ3) is 4.70. The van der Waals surface area contributed by atoms with Crippen molar-refractivity contribution in [3.8, 4) is 11.4 Å². The number of amides is 2. The number of nitrogens with two attached hydrogens (primary N) is 1. The molecular weight excluding hydrogens is 385 g/mol. The minimum atomic E-state index is -0.780. The molecule has 0 spiro atoms. The molecule has 1 atom stereocenters. The van der Waals surface area contributed by atoms with Crippen molar-refractivity contribution in [1.29, 1.82) is 0 Å². The molecule has 0 saturated heterocycles. The Bertz CT molecular complexity index is 953. The largest absolute Gasteiger partial charge is 0.368 e. The highest BCUT2D eigenvalue weighted by molar-refractivity contribution is 5.97. The van der Waals surface area contributed by atoms with Crippen LogP contribution in [0.2, 0.25) is 0 Å². The highest BCUT2D eigenvalue weighted by atomic mass is 19.1. The molecule has 7 nitrogen and oxygen atoms in total. The van der Waals surface area contributed by atoms with Gasteiger partial charge in [0.25, 0.3) is 5.91 Å². The Morgan fingerprint density at radius 2 is 2.03 bits per heavy atom. The summed E-state index contributed by atoms with van der Waals surface area (Å²) in [6, 6.07) is 4.21. The second kappa shape index (κ2) is 8.95. The van der Waals surface area contributed by atoms with Crippen molar-refractivity contribution in [2.45, 2.75) is 52.7 Å². The van der Waals surface area contributed by atoms with Crippen LogP contribution in [-0.2, 0) is 17.9 Å². The van der Waals surface area contributed by atoms with Crippen LogP contribution in [-0.4, -0.2) is 45.9 Å². The lowest BCUT2D eigenvalue weighted by molar-refractivity contribution is -0.120. The van der Waals surface area contributed by atoms with Crippen molar-refractivity contribution >= 4 is 11.8 Å². The molecule has 0 saturated carbocycles. The molecule has 0 aliphatic carbocycles. The Labute approximate surface area is 176 Å². The van der Waals surface area contributed by atoms with Gasteiger partial charge in [-0.05, 0) is 57.0 Å². The predicted octanol–water partition coefficient (Wildman–Crippen LogP) is 2.46. The average Bonchev–Trinajstić information content (AvgIpc) is 2.87. The number of imidazole rings is 1. The van der Waals surface area contributed by atoms with Gasteiger partial charge in [-0.25, -0.2) is 9.37 Å². The number of fused-ring (bicyclic) bond motifs is 1. The Morgan fingerprint density at radius 3 is 2.67 bits per heavy atom. The number of aryl methyl sites for hydroxylation is 1. The van der Waals surface area contributed by atoms with Gasteiger partial charge in [0.05, 0.1) is 11.3 Å². The summed E-state index contributed by atoms with van der Waals surface area (Å²) in [6.45, 7) is 7.74. The first kappa shape index (κ1) is 22.0. The maximum atomic E-state index is 14.7. The van der Waals surface area contributed by atoms with E-state index in [1.54, 1.807) is 6.07 Å². The van der Waals surface area contributed by atoms with Gasteiger partial charge in [0.15, 0.2) is 5.69 Å². The number of nitrogens with zero attached hydrogens (tertiary/aromatic N) is 3. The normalized spacial score (nSPS) is 15.5. The van der Waals surface area contributed by atoms with Crippen molar-refractivity contribution in [2.24, 2.45) is 11.7 Å². The monoisotopic (exact) mass is 415 g/mol. The van der Waals surface area contributed by atoms with Crippen LogP contribution in [0.5, 0.6) is 0 Å². The molecule has 1 aliphatic heterocycles. The predicted molar refractivity (Wildman–Crippen MR) is 113 cm³/mol. The molecular formula is C22H30FN5O2. The fourth-order valence-electron chi connectivity index (χ4n) is 3.85. The van der Waals surface area contributed by atoms with Gasteiger partial charge >= 0.3 is 0 Å². The molecule has 0 bridgehead atoms. The van der Waals surface area contributed by atoms with Crippen molar-refractivity contribution < 1.29 is 14.0 Å². The van der Waals surface area contributed by atoms with E-state index >= 15 is 0 Å². The first-order chi connectivity index (χ1) is 14.2. The van der Waals surface area contributed by atoms with Crippen molar-refractivity contribution in [3.05, 3.63) is 41.0 Å². The van der Waals surface area contributed by atoms with Crippen molar-refractivity contribution in [3.63, 3.8) is 0 Å². The number of carbonyl (C=O) groups excluding carboxylic acids is 2. The van der Waals surface area contributed by atoms with Crippen LogP contribution in [0.1, 0.15) is 48.4 Å². The average molecular weight is 416 g/mol. The zero-order valence-corrected chi connectivity index (χ0v) is 18.0. The van der Waals surface area contributed by atoms with Gasteiger partial charge in [0, 0.05) is 13.1 Å². The molecule has 2 amide bonds. The fourth-order valence-corrected chi connectivity index (χ4v) is 3.85. The number of hydrogen-bond acceptors (Lipinski definition) is 4. The van der Waals surface area contributed by atoms with Gasteiger partial charge in [-0.15, -0.1) is 0 Å². The molecule has 3 rings (SSSR count). The summed E-state index contributed by atoms with van der Waals surface area (Å²) >= 11 is 0. The molecule has 8 heteroatoms. The first-order valence-corrected chi connectivity index (χ1v) is 10.3. The summed E-state index contributed by atoms with van der Waals surface area (Å²) in [5, 5.41) is 2.74. The zero-order valence-electron chi connectivity index (χ0n) is 18.0. The maximum Gasteiger partial charge on any atom is 0.272 e. The Hall–Kier alpha value is -2.74. The Balaban J connectivity index is 2.05. The second-order valence-electron chi connectivity index (χ2n) is 8.51. The molecule has 162 valence electrons. The van der Waals surface area contributed by atoms with Crippen LogP contribution in [0.15, 0.2) is 18.2 Å². The topological polar surface area (TPSA) is 93.3 Å². The SMILES string of the molecule is Cc1ccc(-c2nc(C(=O)N[C@@H](CC(C)C)C(N)=O)c3n2CCCN(C)C3)c(F)c1. The Morgan fingerprint density at radius 1 is 1.30 bits per heavy atom. The van der Waals surface area contributed by atoms with Crippen LogP contribution >= 0.6 is 0 Å². The molecule has 2 aromatic rings. The van der Waals surface area contributed by atoms with E-state index in [-0.39, 0.29) is 17.4 Å². The molecule has 0 unspecified atom stereocenters. The third-order valence-electron chi connectivity index (χ3n) is 5.35. The highest BCUT2D eigenvalue weighted by Gasteiger charge is 2.29. The van der Waals surface area contributed by atoms with Crippen molar-refractivity contribution in [2.75, 3.05) is 13.6 Å². The number of primary amides is 1. The van der Waals surface area contributed by atoms with Gasteiger partial charge in [-0.3, -0.25) is 9.59 Å². The summed E-state index contributed by atoms with van der Waals surface area (Å²) in [5.74, 6) is -0.795. The number of nitrogens with one attached hydrogen (secondary N) is 1. The molecule has 1 aliphatic rings. The molecule has 1 aromatic carbocycles. The smallest absolute Gasteiger partial charge is 0.272 e. The van der Waals surface area contributed by atoms with E-state index in [4.69, 9.17) is 5.73 Å². The van der Waals surface area contributed by atoms with Crippen LogP contribution in [0.3, 0.4) is 0 Å². The van der Waals surface area contributed by atoms with Crippen LogP contribution in [0.25, 0.3) is 11.4 Å². The number of aromatic nitrogens is 2. The first-order valence-electron chi connectivity index (χ1n) is 10.3. The number of carbonyl (C=O) groups is 2. The highest BCUT2D eigenvalue weighted by Crippen LogP contribution is 2.28. The lowest BCUT2D eigenvalue weighted by Gasteiger charge is -2.18. The lowest BCUT2D eigenvalue weighted by atomic mass is 10.0. The second-order valence-corrected chi connectivity index (χ2v) is 8.51.